The SMILES string of the molecule is Cc1cc(Cl)c(NCCC2CCCO2)cc1Cl. The van der Waals surface area contributed by atoms with Crippen LogP contribution >= 0.6 is 23.2 Å². The van der Waals surface area contributed by atoms with Crippen molar-refractivity contribution in [3.63, 3.8) is 0 Å². The average Bonchev–Trinajstić information content (AvgIpc) is 2.78. The Hall–Kier alpha value is -0.440. The maximum Gasteiger partial charge on any atom is 0.0641 e. The standard InChI is InChI=1S/C13H17Cl2NO/c1-9-7-12(15)13(8-11(9)14)16-5-4-10-3-2-6-17-10/h7-8,10,16H,2-6H2,1H3. The molecule has 1 N–H and O–H groups in total. The van der Waals surface area contributed by atoms with Crippen molar-refractivity contribution in [3.8, 4) is 0 Å². The summed E-state index contributed by atoms with van der Waals surface area (Å²) < 4.78 is 5.56. The molecule has 0 amide bonds. The van der Waals surface area contributed by atoms with Crippen LogP contribution < -0.4 is 5.32 Å². The van der Waals surface area contributed by atoms with Crippen LogP contribution in [0.4, 0.5) is 5.69 Å². The molecule has 1 atom stereocenters. The number of ether oxygens (including phenoxy) is 1. The highest BCUT2D eigenvalue weighted by atomic mass is 35.5. The summed E-state index contributed by atoms with van der Waals surface area (Å²) in [5.74, 6) is 0. The molecular formula is C13H17Cl2NO. The molecule has 1 aliphatic heterocycles. The first-order valence-corrected chi connectivity index (χ1v) is 6.73. The van der Waals surface area contributed by atoms with Crippen molar-refractivity contribution in [3.05, 3.63) is 27.7 Å². The molecule has 1 unspecified atom stereocenters. The summed E-state index contributed by atoms with van der Waals surface area (Å²) in [7, 11) is 0. The van der Waals surface area contributed by atoms with Gasteiger partial charge in [-0.1, -0.05) is 23.2 Å². The van der Waals surface area contributed by atoms with Gasteiger partial charge in [0.15, 0.2) is 0 Å². The van der Waals surface area contributed by atoms with Gasteiger partial charge in [0, 0.05) is 18.2 Å². The third kappa shape index (κ3) is 3.51. The summed E-state index contributed by atoms with van der Waals surface area (Å²) in [4.78, 5) is 0. The number of aryl methyl sites for hydroxylation is 1. The third-order valence-electron chi connectivity index (χ3n) is 3.05. The molecule has 1 aromatic rings. The van der Waals surface area contributed by atoms with Gasteiger partial charge in [-0.25, -0.2) is 0 Å². The first-order valence-electron chi connectivity index (χ1n) is 5.98. The fourth-order valence-corrected chi connectivity index (χ4v) is 2.47. The molecule has 0 saturated carbocycles. The number of hydrogen-bond donors (Lipinski definition) is 1. The van der Waals surface area contributed by atoms with E-state index in [-0.39, 0.29) is 0 Å². The Labute approximate surface area is 112 Å². The Bertz CT molecular complexity index is 389. The molecule has 0 spiro atoms. The van der Waals surface area contributed by atoms with Gasteiger partial charge >= 0.3 is 0 Å². The van der Waals surface area contributed by atoms with Gasteiger partial charge in [0.2, 0.25) is 0 Å². The quantitative estimate of drug-likeness (QED) is 0.884. The molecule has 0 radical (unpaired) electrons. The highest BCUT2D eigenvalue weighted by molar-refractivity contribution is 6.35. The molecule has 0 bridgehead atoms. The minimum absolute atomic E-state index is 0.405. The topological polar surface area (TPSA) is 21.3 Å². The Morgan fingerprint density at radius 3 is 2.88 bits per heavy atom. The van der Waals surface area contributed by atoms with Gasteiger partial charge < -0.3 is 10.1 Å². The molecule has 1 heterocycles. The molecule has 1 aliphatic rings. The van der Waals surface area contributed by atoms with Gasteiger partial charge in [-0.2, -0.15) is 0 Å². The predicted octanol–water partition coefficient (Wildman–Crippen LogP) is 4.28. The number of halogens is 2. The zero-order valence-electron chi connectivity index (χ0n) is 9.93. The van der Waals surface area contributed by atoms with Crippen LogP contribution in [0.5, 0.6) is 0 Å². The van der Waals surface area contributed by atoms with Gasteiger partial charge in [-0.05, 0) is 43.9 Å². The number of hydrogen-bond acceptors (Lipinski definition) is 2. The highest BCUT2D eigenvalue weighted by Crippen LogP contribution is 2.28. The van der Waals surface area contributed by atoms with E-state index in [4.69, 9.17) is 27.9 Å². The van der Waals surface area contributed by atoms with E-state index in [0.717, 1.165) is 40.9 Å². The second-order valence-electron chi connectivity index (χ2n) is 4.43. The Kier molecular flexibility index (Phi) is 4.55. The molecule has 94 valence electrons. The highest BCUT2D eigenvalue weighted by Gasteiger charge is 2.14. The minimum atomic E-state index is 0.405. The van der Waals surface area contributed by atoms with Crippen molar-refractivity contribution in [1.82, 2.24) is 0 Å². The molecule has 2 rings (SSSR count). The molecule has 0 aromatic heterocycles. The van der Waals surface area contributed by atoms with Crippen molar-refractivity contribution in [2.75, 3.05) is 18.5 Å². The minimum Gasteiger partial charge on any atom is -0.384 e. The summed E-state index contributed by atoms with van der Waals surface area (Å²) in [6, 6.07) is 3.77. The normalized spacial score (nSPS) is 19.6. The van der Waals surface area contributed by atoms with E-state index in [9.17, 15) is 0 Å². The van der Waals surface area contributed by atoms with Crippen molar-refractivity contribution >= 4 is 28.9 Å². The average molecular weight is 274 g/mol. The molecule has 1 fully saturated rings. The monoisotopic (exact) mass is 273 g/mol. The smallest absolute Gasteiger partial charge is 0.0641 e. The van der Waals surface area contributed by atoms with Crippen LogP contribution in [0.15, 0.2) is 12.1 Å². The summed E-state index contributed by atoms with van der Waals surface area (Å²) in [6.07, 6.45) is 3.77. The second kappa shape index (κ2) is 5.94. The first-order chi connectivity index (χ1) is 8.16. The largest absolute Gasteiger partial charge is 0.384 e. The van der Waals surface area contributed by atoms with E-state index in [1.165, 1.54) is 12.8 Å². The molecular weight excluding hydrogens is 257 g/mol. The van der Waals surface area contributed by atoms with Gasteiger partial charge in [-0.3, -0.25) is 0 Å². The van der Waals surface area contributed by atoms with E-state index in [2.05, 4.69) is 5.32 Å². The lowest BCUT2D eigenvalue weighted by Gasteiger charge is -2.13. The number of nitrogens with one attached hydrogen (secondary N) is 1. The van der Waals surface area contributed by atoms with Crippen molar-refractivity contribution in [2.45, 2.75) is 32.3 Å². The van der Waals surface area contributed by atoms with Crippen molar-refractivity contribution in [2.24, 2.45) is 0 Å². The van der Waals surface area contributed by atoms with Crippen LogP contribution in [0.1, 0.15) is 24.8 Å². The van der Waals surface area contributed by atoms with Crippen molar-refractivity contribution in [1.29, 1.82) is 0 Å². The van der Waals surface area contributed by atoms with Crippen LogP contribution in [0, 0.1) is 6.92 Å². The lowest BCUT2D eigenvalue weighted by Crippen LogP contribution is -2.12. The molecule has 17 heavy (non-hydrogen) atoms. The number of anilines is 1. The zero-order valence-corrected chi connectivity index (χ0v) is 11.4. The maximum absolute atomic E-state index is 6.14. The van der Waals surface area contributed by atoms with Crippen LogP contribution in [0.3, 0.4) is 0 Å². The lowest BCUT2D eigenvalue weighted by molar-refractivity contribution is 0.107. The first kappa shape index (κ1) is 13.0. The fourth-order valence-electron chi connectivity index (χ4n) is 2.02. The van der Waals surface area contributed by atoms with E-state index < -0.39 is 0 Å². The van der Waals surface area contributed by atoms with E-state index in [1.807, 2.05) is 19.1 Å². The summed E-state index contributed by atoms with van der Waals surface area (Å²) in [6.45, 7) is 3.72. The van der Waals surface area contributed by atoms with Gasteiger partial charge in [-0.15, -0.1) is 0 Å². The maximum atomic E-state index is 6.14. The van der Waals surface area contributed by atoms with Gasteiger partial charge in [0.1, 0.15) is 0 Å². The molecule has 4 heteroatoms. The number of rotatable bonds is 4. The summed E-state index contributed by atoms with van der Waals surface area (Å²) >= 11 is 12.2. The second-order valence-corrected chi connectivity index (χ2v) is 5.25. The molecule has 0 aliphatic carbocycles. The van der Waals surface area contributed by atoms with Gasteiger partial charge in [0.05, 0.1) is 16.8 Å². The van der Waals surface area contributed by atoms with Crippen LogP contribution in [0.2, 0.25) is 10.0 Å². The van der Waals surface area contributed by atoms with E-state index >= 15 is 0 Å². The van der Waals surface area contributed by atoms with E-state index in [0.29, 0.717) is 6.10 Å². The van der Waals surface area contributed by atoms with Crippen LogP contribution in [0.25, 0.3) is 0 Å². The Balaban J connectivity index is 1.87. The molecule has 1 saturated heterocycles. The van der Waals surface area contributed by atoms with Gasteiger partial charge in [0.25, 0.3) is 0 Å². The van der Waals surface area contributed by atoms with Crippen LogP contribution in [-0.2, 0) is 4.74 Å². The third-order valence-corrected chi connectivity index (χ3v) is 3.77. The lowest BCUT2D eigenvalue weighted by atomic mass is 10.2. The Morgan fingerprint density at radius 1 is 1.35 bits per heavy atom. The predicted molar refractivity (Wildman–Crippen MR) is 73.3 cm³/mol. The molecule has 1 aromatic carbocycles. The number of benzene rings is 1. The summed E-state index contributed by atoms with van der Waals surface area (Å²) in [5.41, 5.74) is 1.90. The molecule has 2 nitrogen and oxygen atoms in total. The summed E-state index contributed by atoms with van der Waals surface area (Å²) in [5, 5.41) is 4.78. The van der Waals surface area contributed by atoms with E-state index in [1.54, 1.807) is 0 Å². The van der Waals surface area contributed by atoms with Crippen molar-refractivity contribution < 1.29 is 4.74 Å². The van der Waals surface area contributed by atoms with Crippen LogP contribution in [-0.4, -0.2) is 19.3 Å². The Morgan fingerprint density at radius 2 is 2.18 bits per heavy atom. The fraction of sp³-hybridized carbons (Fsp3) is 0.538. The zero-order chi connectivity index (χ0) is 12.3.